The van der Waals surface area contributed by atoms with Crippen LogP contribution in [0.5, 0.6) is 0 Å². The minimum Gasteiger partial charge on any atom is -0.316 e. The largest absolute Gasteiger partial charge is 0.316 e. The van der Waals surface area contributed by atoms with Gasteiger partial charge in [0, 0.05) is 11.3 Å². The first-order valence-electron chi connectivity index (χ1n) is 4.16. The van der Waals surface area contributed by atoms with E-state index < -0.39 is 0 Å². The molecule has 0 radical (unpaired) electrons. The van der Waals surface area contributed by atoms with E-state index >= 15 is 0 Å². The van der Waals surface area contributed by atoms with E-state index in [0.717, 1.165) is 0 Å². The molecular formula is C10H15NS. The molecule has 0 aliphatic heterocycles. The van der Waals surface area contributed by atoms with Crippen LogP contribution in [0.15, 0.2) is 30.3 Å². The summed E-state index contributed by atoms with van der Waals surface area (Å²) in [5.74, 6) is 0. The summed E-state index contributed by atoms with van der Waals surface area (Å²) >= 11 is 4.53. The molecule has 2 heteroatoms. The van der Waals surface area contributed by atoms with Crippen LogP contribution in [0.1, 0.15) is 17.7 Å². The lowest BCUT2D eigenvalue weighted by molar-refractivity contribution is 0.600. The number of rotatable bonds is 3. The molecule has 0 amide bonds. The average molecular weight is 181 g/mol. The van der Waals surface area contributed by atoms with E-state index in [-0.39, 0.29) is 5.25 Å². The van der Waals surface area contributed by atoms with Gasteiger partial charge in [-0.05, 0) is 19.5 Å². The van der Waals surface area contributed by atoms with Gasteiger partial charge in [0.15, 0.2) is 0 Å². The number of hydrogen-bond donors (Lipinski definition) is 2. The van der Waals surface area contributed by atoms with E-state index in [1.54, 1.807) is 0 Å². The number of hydrogen-bond acceptors (Lipinski definition) is 2. The summed E-state index contributed by atoms with van der Waals surface area (Å²) < 4.78 is 0. The van der Waals surface area contributed by atoms with E-state index in [1.165, 1.54) is 5.56 Å². The molecule has 1 nitrogen and oxygen atoms in total. The smallest absolute Gasteiger partial charge is 0.0417 e. The van der Waals surface area contributed by atoms with Crippen LogP contribution in [0.4, 0.5) is 0 Å². The normalized spacial score (nSPS) is 15.6. The van der Waals surface area contributed by atoms with Gasteiger partial charge >= 0.3 is 0 Å². The van der Waals surface area contributed by atoms with Gasteiger partial charge in [0.25, 0.3) is 0 Å². The molecule has 0 bridgehead atoms. The third-order valence-corrected chi connectivity index (χ3v) is 2.82. The number of nitrogens with one attached hydrogen (secondary N) is 1. The van der Waals surface area contributed by atoms with Crippen molar-refractivity contribution in [2.45, 2.75) is 18.2 Å². The zero-order chi connectivity index (χ0) is 8.97. The summed E-state index contributed by atoms with van der Waals surface area (Å²) in [7, 11) is 1.96. The van der Waals surface area contributed by atoms with Crippen molar-refractivity contribution in [1.82, 2.24) is 5.32 Å². The summed E-state index contributed by atoms with van der Waals surface area (Å²) in [5, 5.41) is 3.46. The second kappa shape index (κ2) is 4.53. The van der Waals surface area contributed by atoms with Gasteiger partial charge in [-0.15, -0.1) is 0 Å². The first-order chi connectivity index (χ1) is 5.75. The second-order valence-electron chi connectivity index (χ2n) is 2.93. The quantitative estimate of drug-likeness (QED) is 0.682. The fourth-order valence-corrected chi connectivity index (χ4v) is 1.42. The highest BCUT2D eigenvalue weighted by atomic mass is 32.1. The Bertz CT molecular complexity index is 223. The van der Waals surface area contributed by atoms with Crippen LogP contribution < -0.4 is 5.32 Å². The molecule has 1 N–H and O–H groups in total. The zero-order valence-electron chi connectivity index (χ0n) is 7.49. The van der Waals surface area contributed by atoms with Crippen molar-refractivity contribution in [3.05, 3.63) is 35.9 Å². The maximum absolute atomic E-state index is 4.53. The molecule has 0 unspecified atom stereocenters. The Balaban J connectivity index is 2.71. The standard InChI is InChI=1S/C10H15NS/c1-8(11-2)10(12)9-6-4-3-5-7-9/h3-8,10-12H,1-2H3/t8-,10+/m0/s1. The molecule has 0 aromatic heterocycles. The molecule has 0 heterocycles. The van der Waals surface area contributed by atoms with E-state index in [2.05, 4.69) is 37.0 Å². The Morgan fingerprint density at radius 1 is 1.25 bits per heavy atom. The van der Waals surface area contributed by atoms with Gasteiger partial charge in [-0.2, -0.15) is 12.6 Å². The third kappa shape index (κ3) is 2.26. The van der Waals surface area contributed by atoms with Crippen molar-refractivity contribution >= 4 is 12.6 Å². The summed E-state index contributed by atoms with van der Waals surface area (Å²) in [6.07, 6.45) is 0. The minimum absolute atomic E-state index is 0.274. The predicted octanol–water partition coefficient (Wildman–Crippen LogP) is 2.27. The Morgan fingerprint density at radius 3 is 2.33 bits per heavy atom. The van der Waals surface area contributed by atoms with Crippen molar-refractivity contribution in [2.24, 2.45) is 0 Å². The molecule has 1 rings (SSSR count). The lowest BCUT2D eigenvalue weighted by atomic mass is 10.1. The highest BCUT2D eigenvalue weighted by Gasteiger charge is 2.11. The summed E-state index contributed by atoms with van der Waals surface area (Å²) in [6, 6.07) is 10.7. The average Bonchev–Trinajstić information content (AvgIpc) is 2.17. The Kier molecular flexibility index (Phi) is 3.63. The highest BCUT2D eigenvalue weighted by molar-refractivity contribution is 7.80. The van der Waals surface area contributed by atoms with Crippen LogP contribution in [-0.4, -0.2) is 13.1 Å². The molecular weight excluding hydrogens is 166 g/mol. The van der Waals surface area contributed by atoms with E-state index in [9.17, 15) is 0 Å². The third-order valence-electron chi connectivity index (χ3n) is 2.07. The van der Waals surface area contributed by atoms with E-state index in [0.29, 0.717) is 6.04 Å². The van der Waals surface area contributed by atoms with Crippen LogP contribution in [0, 0.1) is 0 Å². The Hall–Kier alpha value is -0.470. The van der Waals surface area contributed by atoms with Crippen LogP contribution in [-0.2, 0) is 0 Å². The first-order valence-corrected chi connectivity index (χ1v) is 4.67. The lowest BCUT2D eigenvalue weighted by Crippen LogP contribution is -2.25. The molecule has 66 valence electrons. The van der Waals surface area contributed by atoms with Crippen molar-refractivity contribution in [3.63, 3.8) is 0 Å². The molecule has 0 aliphatic rings. The number of benzene rings is 1. The fourth-order valence-electron chi connectivity index (χ4n) is 1.10. The fraction of sp³-hybridized carbons (Fsp3) is 0.400. The van der Waals surface area contributed by atoms with Crippen molar-refractivity contribution < 1.29 is 0 Å². The van der Waals surface area contributed by atoms with Gasteiger partial charge < -0.3 is 5.32 Å². The molecule has 12 heavy (non-hydrogen) atoms. The van der Waals surface area contributed by atoms with Gasteiger partial charge in [0.05, 0.1) is 0 Å². The highest BCUT2D eigenvalue weighted by Crippen LogP contribution is 2.22. The van der Waals surface area contributed by atoms with Crippen molar-refractivity contribution in [3.8, 4) is 0 Å². The molecule has 1 aromatic carbocycles. The van der Waals surface area contributed by atoms with Gasteiger partial charge in [0.1, 0.15) is 0 Å². The van der Waals surface area contributed by atoms with Crippen LogP contribution >= 0.6 is 12.6 Å². The monoisotopic (exact) mass is 181 g/mol. The number of thiol groups is 1. The van der Waals surface area contributed by atoms with Crippen LogP contribution in [0.25, 0.3) is 0 Å². The van der Waals surface area contributed by atoms with Crippen molar-refractivity contribution in [1.29, 1.82) is 0 Å². The SMILES string of the molecule is CN[C@@H](C)[C@@H](S)c1ccccc1. The molecule has 0 fully saturated rings. The Labute approximate surface area is 79.6 Å². The first kappa shape index (κ1) is 9.62. The maximum atomic E-state index is 4.53. The molecule has 1 aromatic rings. The lowest BCUT2D eigenvalue weighted by Gasteiger charge is -2.18. The number of likely N-dealkylation sites (N-methyl/N-ethyl adjacent to an activating group) is 1. The minimum atomic E-state index is 0.274. The van der Waals surface area contributed by atoms with Gasteiger partial charge in [0.2, 0.25) is 0 Å². The van der Waals surface area contributed by atoms with E-state index in [1.807, 2.05) is 25.2 Å². The van der Waals surface area contributed by atoms with Crippen molar-refractivity contribution in [2.75, 3.05) is 7.05 Å². The summed E-state index contributed by atoms with van der Waals surface area (Å²) in [6.45, 7) is 2.13. The molecule has 2 atom stereocenters. The molecule has 0 saturated heterocycles. The van der Waals surface area contributed by atoms with Gasteiger partial charge in [-0.3, -0.25) is 0 Å². The molecule has 0 spiro atoms. The topological polar surface area (TPSA) is 12.0 Å². The Morgan fingerprint density at radius 2 is 1.83 bits per heavy atom. The summed E-state index contributed by atoms with van der Waals surface area (Å²) in [5.41, 5.74) is 1.27. The zero-order valence-corrected chi connectivity index (χ0v) is 8.38. The predicted molar refractivity (Wildman–Crippen MR) is 56.7 cm³/mol. The van der Waals surface area contributed by atoms with Crippen LogP contribution in [0.3, 0.4) is 0 Å². The molecule has 0 saturated carbocycles. The van der Waals surface area contributed by atoms with Gasteiger partial charge in [-0.25, -0.2) is 0 Å². The molecule has 0 aliphatic carbocycles. The van der Waals surface area contributed by atoms with E-state index in [4.69, 9.17) is 0 Å². The summed E-state index contributed by atoms with van der Waals surface area (Å²) in [4.78, 5) is 0. The van der Waals surface area contributed by atoms with Crippen LogP contribution in [0.2, 0.25) is 0 Å². The van der Waals surface area contributed by atoms with Gasteiger partial charge in [-0.1, -0.05) is 30.3 Å². The second-order valence-corrected chi connectivity index (χ2v) is 3.49. The maximum Gasteiger partial charge on any atom is 0.0417 e.